The lowest BCUT2D eigenvalue weighted by Gasteiger charge is -2.10. The molecular weight excluding hydrogens is 362 g/mol. The summed E-state index contributed by atoms with van der Waals surface area (Å²) in [5.74, 6) is -0.796. The van der Waals surface area contributed by atoms with E-state index in [2.05, 4.69) is 6.92 Å². The van der Waals surface area contributed by atoms with Crippen molar-refractivity contribution in [2.24, 2.45) is 0 Å². The maximum Gasteiger partial charge on any atom is 0.343 e. The van der Waals surface area contributed by atoms with Crippen LogP contribution in [0.3, 0.4) is 0 Å². The third-order valence-electron chi connectivity index (χ3n) is 4.07. The molecule has 2 rings (SSSR count). The lowest BCUT2D eigenvalue weighted by Crippen LogP contribution is -2.12. The predicted molar refractivity (Wildman–Crippen MR) is 104 cm³/mol. The first-order valence-corrected chi connectivity index (χ1v) is 9.27. The summed E-state index contributed by atoms with van der Waals surface area (Å²) in [6, 6.07) is 11.5. The first-order chi connectivity index (χ1) is 13.5. The van der Waals surface area contributed by atoms with Crippen LogP contribution in [0.2, 0.25) is 0 Å². The highest BCUT2D eigenvalue weighted by molar-refractivity contribution is 5.91. The number of hydrogen-bond acceptors (Lipinski definition) is 6. The first-order valence-electron chi connectivity index (χ1n) is 9.27. The summed E-state index contributed by atoms with van der Waals surface area (Å²) in [7, 11) is 0. The van der Waals surface area contributed by atoms with Crippen molar-refractivity contribution in [3.8, 4) is 11.5 Å². The van der Waals surface area contributed by atoms with Crippen molar-refractivity contribution >= 4 is 17.6 Å². The van der Waals surface area contributed by atoms with Crippen LogP contribution in [0, 0.1) is 10.1 Å². The van der Waals surface area contributed by atoms with Gasteiger partial charge in [0.15, 0.2) is 11.5 Å². The van der Waals surface area contributed by atoms with Gasteiger partial charge in [0.1, 0.15) is 0 Å². The van der Waals surface area contributed by atoms with Crippen LogP contribution in [0.25, 0.3) is 0 Å². The van der Waals surface area contributed by atoms with Gasteiger partial charge in [-0.3, -0.25) is 14.9 Å². The van der Waals surface area contributed by atoms with E-state index in [1.165, 1.54) is 30.3 Å². The Hall–Kier alpha value is -3.22. The number of nitro benzene ring substituents is 1. The minimum atomic E-state index is -0.696. The second kappa shape index (κ2) is 10.8. The Kier molecular flexibility index (Phi) is 8.14. The lowest BCUT2D eigenvalue weighted by atomic mass is 10.1. The maximum atomic E-state index is 12.3. The van der Waals surface area contributed by atoms with Crippen molar-refractivity contribution in [3.63, 3.8) is 0 Å². The number of unbranched alkanes of at least 4 members (excludes halogenated alkanes) is 4. The molecule has 2 aromatic carbocycles. The number of rotatable bonds is 10. The summed E-state index contributed by atoms with van der Waals surface area (Å²) in [5.41, 5.74) is 0.0347. The van der Waals surface area contributed by atoms with Crippen LogP contribution < -0.4 is 9.47 Å². The van der Waals surface area contributed by atoms with Crippen LogP contribution in [0.4, 0.5) is 5.69 Å². The molecule has 0 spiro atoms. The molecule has 0 radical (unpaired) electrons. The Balaban J connectivity index is 1.96. The zero-order chi connectivity index (χ0) is 20.4. The topological polar surface area (TPSA) is 95.7 Å². The van der Waals surface area contributed by atoms with Crippen LogP contribution >= 0.6 is 0 Å². The first kappa shape index (κ1) is 21.1. The zero-order valence-electron chi connectivity index (χ0n) is 15.8. The minimum Gasteiger partial charge on any atom is -0.423 e. The van der Waals surface area contributed by atoms with Gasteiger partial charge in [0.2, 0.25) is 0 Å². The van der Waals surface area contributed by atoms with E-state index < -0.39 is 10.9 Å². The Morgan fingerprint density at radius 2 is 1.50 bits per heavy atom. The maximum absolute atomic E-state index is 12.3. The van der Waals surface area contributed by atoms with Gasteiger partial charge in [-0.15, -0.1) is 0 Å². The Bertz CT molecular complexity index is 816. The number of nitro groups is 1. The van der Waals surface area contributed by atoms with Gasteiger partial charge in [0, 0.05) is 18.6 Å². The SMILES string of the molecule is CCCCCCCC(=O)Oc1ccccc1OC(=O)c1ccc([N+](=O)[O-])cc1. The molecule has 0 unspecified atom stereocenters. The highest BCUT2D eigenvalue weighted by Gasteiger charge is 2.16. The Morgan fingerprint density at radius 3 is 2.11 bits per heavy atom. The average molecular weight is 385 g/mol. The molecule has 0 atom stereocenters. The predicted octanol–water partition coefficient (Wildman–Crippen LogP) is 5.08. The summed E-state index contributed by atoms with van der Waals surface area (Å²) in [6.45, 7) is 2.13. The molecule has 0 aliphatic carbocycles. The molecule has 0 bridgehead atoms. The number of esters is 2. The van der Waals surface area contributed by atoms with E-state index in [4.69, 9.17) is 9.47 Å². The Morgan fingerprint density at radius 1 is 0.893 bits per heavy atom. The van der Waals surface area contributed by atoms with E-state index in [-0.39, 0.29) is 28.7 Å². The lowest BCUT2D eigenvalue weighted by molar-refractivity contribution is -0.384. The van der Waals surface area contributed by atoms with Gasteiger partial charge >= 0.3 is 11.9 Å². The number of carbonyl (C=O) groups excluding carboxylic acids is 2. The van der Waals surface area contributed by atoms with Crippen LogP contribution in [0.1, 0.15) is 55.8 Å². The number of benzene rings is 2. The highest BCUT2D eigenvalue weighted by atomic mass is 16.6. The Labute approximate surface area is 163 Å². The summed E-state index contributed by atoms with van der Waals surface area (Å²) < 4.78 is 10.6. The van der Waals surface area contributed by atoms with Crippen molar-refractivity contribution in [1.82, 2.24) is 0 Å². The van der Waals surface area contributed by atoms with Gasteiger partial charge in [-0.1, -0.05) is 44.7 Å². The summed E-state index contributed by atoms with van der Waals surface area (Å²) in [6.07, 6.45) is 5.40. The molecule has 0 aliphatic heterocycles. The number of hydrogen-bond donors (Lipinski definition) is 0. The fourth-order valence-corrected chi connectivity index (χ4v) is 2.54. The monoisotopic (exact) mass is 385 g/mol. The molecular formula is C21H23NO6. The largest absolute Gasteiger partial charge is 0.423 e. The number of ether oxygens (including phenoxy) is 2. The summed E-state index contributed by atoms with van der Waals surface area (Å²) in [5, 5.41) is 10.7. The smallest absolute Gasteiger partial charge is 0.343 e. The number of non-ortho nitro benzene ring substituents is 1. The standard InChI is InChI=1S/C21H23NO6/c1-2-3-4-5-6-11-20(23)27-18-9-7-8-10-19(18)28-21(24)16-12-14-17(15-13-16)22(25)26/h7-10,12-15H,2-6,11H2,1H3. The fourth-order valence-electron chi connectivity index (χ4n) is 2.54. The van der Waals surface area contributed by atoms with E-state index in [9.17, 15) is 19.7 Å². The van der Waals surface area contributed by atoms with Crippen molar-refractivity contribution in [3.05, 3.63) is 64.2 Å². The molecule has 0 aliphatic rings. The minimum absolute atomic E-state index is 0.116. The van der Waals surface area contributed by atoms with E-state index in [1.54, 1.807) is 18.2 Å². The van der Waals surface area contributed by atoms with E-state index >= 15 is 0 Å². The van der Waals surface area contributed by atoms with Crippen molar-refractivity contribution in [1.29, 1.82) is 0 Å². The zero-order valence-corrected chi connectivity index (χ0v) is 15.8. The second-order valence-corrected chi connectivity index (χ2v) is 6.28. The van der Waals surface area contributed by atoms with Gasteiger partial charge in [-0.05, 0) is 30.7 Å². The van der Waals surface area contributed by atoms with Gasteiger partial charge in [0.25, 0.3) is 5.69 Å². The number of para-hydroxylation sites is 2. The van der Waals surface area contributed by atoms with Crippen molar-refractivity contribution in [2.75, 3.05) is 0 Å². The molecule has 7 heteroatoms. The molecule has 0 heterocycles. The van der Waals surface area contributed by atoms with Gasteiger partial charge < -0.3 is 9.47 Å². The third-order valence-corrected chi connectivity index (χ3v) is 4.07. The summed E-state index contributed by atoms with van der Waals surface area (Å²) >= 11 is 0. The quantitative estimate of drug-likeness (QED) is 0.186. The summed E-state index contributed by atoms with van der Waals surface area (Å²) in [4.78, 5) is 34.4. The molecule has 0 aromatic heterocycles. The third kappa shape index (κ3) is 6.50. The van der Waals surface area contributed by atoms with Gasteiger partial charge in [0.05, 0.1) is 10.5 Å². The molecule has 28 heavy (non-hydrogen) atoms. The molecule has 0 amide bonds. The van der Waals surface area contributed by atoms with Crippen LogP contribution in [-0.4, -0.2) is 16.9 Å². The highest BCUT2D eigenvalue weighted by Crippen LogP contribution is 2.28. The van der Waals surface area contributed by atoms with Crippen LogP contribution in [-0.2, 0) is 4.79 Å². The van der Waals surface area contributed by atoms with Gasteiger partial charge in [-0.2, -0.15) is 0 Å². The van der Waals surface area contributed by atoms with E-state index in [0.29, 0.717) is 6.42 Å². The molecule has 0 saturated carbocycles. The number of carbonyl (C=O) groups is 2. The molecule has 7 nitrogen and oxygen atoms in total. The molecule has 2 aromatic rings. The van der Waals surface area contributed by atoms with E-state index in [1.807, 2.05) is 0 Å². The van der Waals surface area contributed by atoms with Crippen molar-refractivity contribution in [2.45, 2.75) is 45.4 Å². The normalized spacial score (nSPS) is 10.3. The van der Waals surface area contributed by atoms with Crippen molar-refractivity contribution < 1.29 is 24.0 Å². The van der Waals surface area contributed by atoms with Crippen LogP contribution in [0.15, 0.2) is 48.5 Å². The molecule has 0 fully saturated rings. The average Bonchev–Trinajstić information content (AvgIpc) is 2.69. The fraction of sp³-hybridized carbons (Fsp3) is 0.333. The van der Waals surface area contributed by atoms with Crippen LogP contribution in [0.5, 0.6) is 11.5 Å². The number of nitrogens with zero attached hydrogens (tertiary/aromatic N) is 1. The molecule has 148 valence electrons. The molecule has 0 saturated heterocycles. The van der Waals surface area contributed by atoms with E-state index in [0.717, 1.165) is 32.1 Å². The van der Waals surface area contributed by atoms with Gasteiger partial charge in [-0.25, -0.2) is 4.79 Å². The second-order valence-electron chi connectivity index (χ2n) is 6.28. The molecule has 0 N–H and O–H groups in total.